The van der Waals surface area contributed by atoms with Gasteiger partial charge in [-0.2, -0.15) is 0 Å². The van der Waals surface area contributed by atoms with E-state index in [2.05, 4.69) is 42.1 Å². The molecule has 4 heteroatoms. The second-order valence-corrected chi connectivity index (χ2v) is 5.71. The third-order valence-corrected chi connectivity index (χ3v) is 4.09. The van der Waals surface area contributed by atoms with Crippen LogP contribution in [0.1, 0.15) is 10.4 Å². The quantitative estimate of drug-likeness (QED) is 0.840. The molecule has 0 radical (unpaired) electrons. The van der Waals surface area contributed by atoms with Crippen LogP contribution in [-0.2, 0) is 6.42 Å². The number of anilines is 2. The Morgan fingerprint density at radius 3 is 2.94 bits per heavy atom. The van der Waals surface area contributed by atoms with Crippen LogP contribution in [0.15, 0.2) is 18.2 Å². The third kappa shape index (κ3) is 1.69. The molecule has 0 unspecified atom stereocenters. The summed E-state index contributed by atoms with van der Waals surface area (Å²) in [6.45, 7) is 3.18. The number of hydrogen-bond acceptors (Lipinski definition) is 4. The van der Waals surface area contributed by atoms with Gasteiger partial charge in [-0.1, -0.05) is 6.07 Å². The number of aryl methyl sites for hydroxylation is 1. The highest BCUT2D eigenvalue weighted by Gasteiger charge is 2.17. The van der Waals surface area contributed by atoms with Crippen molar-refractivity contribution in [3.8, 4) is 11.3 Å². The monoisotopic (exact) mass is 245 g/mol. The summed E-state index contributed by atoms with van der Waals surface area (Å²) in [6, 6.07) is 6.58. The minimum atomic E-state index is 0.648. The van der Waals surface area contributed by atoms with Gasteiger partial charge >= 0.3 is 0 Å². The maximum atomic E-state index is 5.75. The van der Waals surface area contributed by atoms with Crippen LogP contribution in [-0.4, -0.2) is 18.6 Å². The highest BCUT2D eigenvalue weighted by Crippen LogP contribution is 2.34. The summed E-state index contributed by atoms with van der Waals surface area (Å²) < 4.78 is 0. The molecule has 0 amide bonds. The van der Waals surface area contributed by atoms with Crippen LogP contribution < -0.4 is 10.6 Å². The molecule has 0 atom stereocenters. The molecule has 0 bridgehead atoms. The van der Waals surface area contributed by atoms with E-state index >= 15 is 0 Å². The van der Waals surface area contributed by atoms with E-state index in [9.17, 15) is 0 Å². The fourth-order valence-electron chi connectivity index (χ4n) is 2.40. The predicted octanol–water partition coefficient (Wildman–Crippen LogP) is 2.69. The Hall–Kier alpha value is -1.55. The number of rotatable bonds is 1. The first kappa shape index (κ1) is 10.6. The standard InChI is InChI=1S/C13H15N3S/c1-8-12(15-13(14)17-8)10-3-4-11-9(7-10)5-6-16(11)2/h3-4,7H,5-6H2,1-2H3,(H2,14,15). The van der Waals surface area contributed by atoms with Gasteiger partial charge < -0.3 is 10.6 Å². The average Bonchev–Trinajstić information content (AvgIpc) is 2.82. The Bertz CT molecular complexity index is 574. The van der Waals surface area contributed by atoms with E-state index in [1.54, 1.807) is 11.3 Å². The number of benzene rings is 1. The zero-order valence-electron chi connectivity index (χ0n) is 10.0. The number of fused-ring (bicyclic) bond motifs is 1. The third-order valence-electron chi connectivity index (χ3n) is 3.29. The number of nitrogen functional groups attached to an aromatic ring is 1. The highest BCUT2D eigenvalue weighted by atomic mass is 32.1. The van der Waals surface area contributed by atoms with Gasteiger partial charge in [-0.15, -0.1) is 11.3 Å². The van der Waals surface area contributed by atoms with Crippen molar-refractivity contribution in [2.45, 2.75) is 13.3 Å². The molecule has 2 N–H and O–H groups in total. The molecule has 1 aromatic carbocycles. The Labute approximate surface area is 105 Å². The van der Waals surface area contributed by atoms with Gasteiger partial charge in [-0.05, 0) is 31.0 Å². The van der Waals surface area contributed by atoms with Gasteiger partial charge in [-0.3, -0.25) is 0 Å². The van der Waals surface area contributed by atoms with Crippen molar-refractivity contribution in [3.05, 3.63) is 28.6 Å². The Balaban J connectivity index is 2.08. The summed E-state index contributed by atoms with van der Waals surface area (Å²) >= 11 is 1.55. The number of likely N-dealkylation sites (N-methyl/N-ethyl adjacent to an activating group) is 1. The summed E-state index contributed by atoms with van der Waals surface area (Å²) in [5, 5.41) is 0.648. The lowest BCUT2D eigenvalue weighted by atomic mass is 10.1. The average molecular weight is 245 g/mol. The van der Waals surface area contributed by atoms with E-state index < -0.39 is 0 Å². The molecule has 3 nitrogen and oxygen atoms in total. The van der Waals surface area contributed by atoms with Gasteiger partial charge in [0.15, 0.2) is 5.13 Å². The van der Waals surface area contributed by atoms with Crippen LogP contribution in [0.3, 0.4) is 0 Å². The van der Waals surface area contributed by atoms with Crippen molar-refractivity contribution in [1.82, 2.24) is 4.98 Å². The molecule has 2 heterocycles. The molecule has 1 aliphatic heterocycles. The first-order valence-corrected chi connectivity index (χ1v) is 6.54. The second kappa shape index (κ2) is 3.74. The van der Waals surface area contributed by atoms with Crippen molar-refractivity contribution < 1.29 is 0 Å². The van der Waals surface area contributed by atoms with Crippen molar-refractivity contribution >= 4 is 22.2 Å². The molecule has 0 saturated carbocycles. The molecule has 3 rings (SSSR count). The van der Waals surface area contributed by atoms with Gasteiger partial charge in [0.05, 0.1) is 5.69 Å². The molecule has 88 valence electrons. The number of aromatic nitrogens is 1. The minimum absolute atomic E-state index is 0.648. The Morgan fingerprint density at radius 1 is 1.41 bits per heavy atom. The first-order chi connectivity index (χ1) is 8.15. The molecule has 2 aromatic rings. The zero-order chi connectivity index (χ0) is 12.0. The first-order valence-electron chi connectivity index (χ1n) is 5.72. The highest BCUT2D eigenvalue weighted by molar-refractivity contribution is 7.15. The van der Waals surface area contributed by atoms with Crippen LogP contribution in [0.25, 0.3) is 11.3 Å². The molecule has 17 heavy (non-hydrogen) atoms. The molecular formula is C13H15N3S. The lowest BCUT2D eigenvalue weighted by Crippen LogP contribution is -2.12. The molecule has 0 saturated heterocycles. The Morgan fingerprint density at radius 2 is 2.24 bits per heavy atom. The molecule has 0 spiro atoms. The summed E-state index contributed by atoms with van der Waals surface area (Å²) in [6.07, 6.45) is 1.12. The maximum Gasteiger partial charge on any atom is 0.180 e. The molecular weight excluding hydrogens is 230 g/mol. The van der Waals surface area contributed by atoms with Crippen LogP contribution in [0, 0.1) is 6.92 Å². The number of hydrogen-bond donors (Lipinski definition) is 1. The van der Waals surface area contributed by atoms with E-state index in [1.165, 1.54) is 21.7 Å². The SMILES string of the molecule is Cc1sc(N)nc1-c1ccc2c(c1)CCN2C. The topological polar surface area (TPSA) is 42.1 Å². The van der Waals surface area contributed by atoms with Crippen LogP contribution >= 0.6 is 11.3 Å². The van der Waals surface area contributed by atoms with E-state index in [-0.39, 0.29) is 0 Å². The van der Waals surface area contributed by atoms with Gasteiger partial charge in [0.25, 0.3) is 0 Å². The molecule has 0 aliphatic carbocycles. The number of nitrogens with two attached hydrogens (primary N) is 1. The molecule has 1 aromatic heterocycles. The van der Waals surface area contributed by atoms with Crippen molar-refractivity contribution in [3.63, 3.8) is 0 Å². The van der Waals surface area contributed by atoms with Gasteiger partial charge in [0.1, 0.15) is 0 Å². The summed E-state index contributed by atoms with van der Waals surface area (Å²) in [4.78, 5) is 7.89. The summed E-state index contributed by atoms with van der Waals surface area (Å²) in [5.41, 5.74) is 10.7. The predicted molar refractivity (Wildman–Crippen MR) is 73.7 cm³/mol. The van der Waals surface area contributed by atoms with E-state index in [4.69, 9.17) is 5.73 Å². The van der Waals surface area contributed by atoms with E-state index in [0.29, 0.717) is 5.13 Å². The minimum Gasteiger partial charge on any atom is -0.375 e. The Kier molecular flexibility index (Phi) is 2.33. The zero-order valence-corrected chi connectivity index (χ0v) is 10.8. The van der Waals surface area contributed by atoms with Gasteiger partial charge in [0, 0.05) is 29.7 Å². The van der Waals surface area contributed by atoms with Crippen LogP contribution in [0.5, 0.6) is 0 Å². The summed E-state index contributed by atoms with van der Waals surface area (Å²) in [5.74, 6) is 0. The number of nitrogens with zero attached hydrogens (tertiary/aromatic N) is 2. The fourth-order valence-corrected chi connectivity index (χ4v) is 3.11. The lowest BCUT2D eigenvalue weighted by molar-refractivity contribution is 0.956. The molecule has 1 aliphatic rings. The van der Waals surface area contributed by atoms with E-state index in [0.717, 1.165) is 18.7 Å². The normalized spacial score (nSPS) is 14.1. The molecule has 0 fully saturated rings. The van der Waals surface area contributed by atoms with Crippen LogP contribution in [0.4, 0.5) is 10.8 Å². The smallest absolute Gasteiger partial charge is 0.180 e. The number of thiazole rings is 1. The van der Waals surface area contributed by atoms with Gasteiger partial charge in [0.2, 0.25) is 0 Å². The van der Waals surface area contributed by atoms with Crippen molar-refractivity contribution in [2.24, 2.45) is 0 Å². The second-order valence-electron chi connectivity index (χ2n) is 4.47. The fraction of sp³-hybridized carbons (Fsp3) is 0.308. The van der Waals surface area contributed by atoms with E-state index in [1.807, 2.05) is 0 Å². The van der Waals surface area contributed by atoms with Crippen molar-refractivity contribution in [1.29, 1.82) is 0 Å². The largest absolute Gasteiger partial charge is 0.375 e. The van der Waals surface area contributed by atoms with Gasteiger partial charge in [-0.25, -0.2) is 4.98 Å². The summed E-state index contributed by atoms with van der Waals surface area (Å²) in [7, 11) is 2.14. The lowest BCUT2D eigenvalue weighted by Gasteiger charge is -2.11. The van der Waals surface area contributed by atoms with Crippen molar-refractivity contribution in [2.75, 3.05) is 24.2 Å². The van der Waals surface area contributed by atoms with Crippen LogP contribution in [0.2, 0.25) is 0 Å². The maximum absolute atomic E-state index is 5.75.